The average molecular weight is 450 g/mol. The van der Waals surface area contributed by atoms with E-state index in [9.17, 15) is 28.3 Å². The second-order valence-electron chi connectivity index (χ2n) is 7.98. The minimum atomic E-state index is -4.88. The Morgan fingerprint density at radius 3 is 2.32 bits per heavy atom. The van der Waals surface area contributed by atoms with E-state index >= 15 is 0 Å². The van der Waals surface area contributed by atoms with E-state index in [2.05, 4.69) is 0 Å². The SMILES string of the molecule is CC1(C)C(C#N)(C=C(Cl)C(F)(F)F)C1(Cc1cccc(Oc2ccccc2)c1)C(=O)O. The monoisotopic (exact) mass is 449 g/mol. The van der Waals surface area contributed by atoms with Gasteiger partial charge in [-0.05, 0) is 42.3 Å². The van der Waals surface area contributed by atoms with Gasteiger partial charge in [-0.1, -0.05) is 55.8 Å². The molecule has 31 heavy (non-hydrogen) atoms. The molecule has 1 saturated carbocycles. The van der Waals surface area contributed by atoms with Gasteiger partial charge >= 0.3 is 12.1 Å². The van der Waals surface area contributed by atoms with Crippen molar-refractivity contribution in [2.45, 2.75) is 26.4 Å². The lowest BCUT2D eigenvalue weighted by atomic mass is 9.86. The number of allylic oxidation sites excluding steroid dienone is 2. The smallest absolute Gasteiger partial charge is 0.426 e. The standard InChI is InChI=1S/C23H19ClF3NO3/c1-20(2)21(14-28,13-18(24)23(25,26)27)22(20,19(29)30)12-15-7-6-10-17(11-15)31-16-8-4-3-5-9-16/h3-11,13H,12H2,1-2H3,(H,29,30). The fourth-order valence-corrected chi connectivity index (χ4v) is 4.53. The number of benzene rings is 2. The van der Waals surface area contributed by atoms with Crippen LogP contribution in [0.25, 0.3) is 0 Å². The van der Waals surface area contributed by atoms with Crippen LogP contribution < -0.4 is 4.74 Å². The number of aliphatic carboxylic acids is 1. The molecule has 1 N–H and O–H groups in total. The van der Waals surface area contributed by atoms with Crippen molar-refractivity contribution in [2.75, 3.05) is 0 Å². The number of para-hydroxylation sites is 1. The highest BCUT2D eigenvalue weighted by Crippen LogP contribution is 2.80. The number of hydrogen-bond acceptors (Lipinski definition) is 3. The van der Waals surface area contributed by atoms with Crippen molar-refractivity contribution in [1.82, 2.24) is 0 Å². The van der Waals surface area contributed by atoms with Crippen LogP contribution in [-0.4, -0.2) is 17.3 Å². The van der Waals surface area contributed by atoms with Crippen molar-refractivity contribution in [1.29, 1.82) is 5.26 Å². The molecule has 0 heterocycles. The molecule has 2 unspecified atom stereocenters. The van der Waals surface area contributed by atoms with Gasteiger partial charge in [0, 0.05) is 5.41 Å². The molecule has 0 amide bonds. The number of nitrogens with zero attached hydrogens (tertiary/aromatic N) is 1. The first-order valence-corrected chi connectivity index (χ1v) is 9.71. The molecule has 8 heteroatoms. The minimum Gasteiger partial charge on any atom is -0.481 e. The van der Waals surface area contributed by atoms with Gasteiger partial charge in [-0.25, -0.2) is 0 Å². The molecule has 3 rings (SSSR count). The summed E-state index contributed by atoms with van der Waals surface area (Å²) in [5.41, 5.74) is -4.53. The summed E-state index contributed by atoms with van der Waals surface area (Å²) in [7, 11) is 0. The lowest BCUT2D eigenvalue weighted by Crippen LogP contribution is -2.27. The van der Waals surface area contributed by atoms with E-state index in [1.54, 1.807) is 48.5 Å². The number of carbonyl (C=O) groups is 1. The van der Waals surface area contributed by atoms with Crippen LogP contribution in [0.2, 0.25) is 0 Å². The highest BCUT2D eigenvalue weighted by atomic mass is 35.5. The van der Waals surface area contributed by atoms with E-state index < -0.39 is 33.4 Å². The molecular formula is C23H19ClF3NO3. The fourth-order valence-electron chi connectivity index (χ4n) is 4.37. The lowest BCUT2D eigenvalue weighted by molar-refractivity contribution is -0.145. The van der Waals surface area contributed by atoms with Crippen molar-refractivity contribution in [3.63, 3.8) is 0 Å². The topological polar surface area (TPSA) is 70.3 Å². The summed E-state index contributed by atoms with van der Waals surface area (Å²) in [6.07, 6.45) is -4.50. The number of halogens is 4. The number of hydrogen-bond donors (Lipinski definition) is 1. The summed E-state index contributed by atoms with van der Waals surface area (Å²) >= 11 is 5.41. The zero-order chi connectivity index (χ0) is 23.1. The summed E-state index contributed by atoms with van der Waals surface area (Å²) in [6, 6.07) is 17.3. The molecule has 1 aliphatic rings. The van der Waals surface area contributed by atoms with Crippen LogP contribution in [-0.2, 0) is 11.2 Å². The molecule has 0 aromatic heterocycles. The minimum absolute atomic E-state index is 0.173. The van der Waals surface area contributed by atoms with Gasteiger partial charge < -0.3 is 9.84 Å². The molecular weight excluding hydrogens is 431 g/mol. The van der Waals surface area contributed by atoms with Gasteiger partial charge in [0.05, 0.1) is 6.07 Å². The van der Waals surface area contributed by atoms with Crippen molar-refractivity contribution >= 4 is 17.6 Å². The van der Waals surface area contributed by atoms with Gasteiger partial charge in [0.25, 0.3) is 0 Å². The maximum Gasteiger partial charge on any atom is 0.426 e. The number of rotatable bonds is 6. The number of ether oxygens (including phenoxy) is 1. The third kappa shape index (κ3) is 3.55. The van der Waals surface area contributed by atoms with Gasteiger partial charge in [0.15, 0.2) is 0 Å². The van der Waals surface area contributed by atoms with E-state index in [1.165, 1.54) is 13.8 Å². The molecule has 4 nitrogen and oxygen atoms in total. The molecule has 0 aliphatic heterocycles. The van der Waals surface area contributed by atoms with Crippen molar-refractivity contribution in [2.24, 2.45) is 16.2 Å². The van der Waals surface area contributed by atoms with Gasteiger partial charge in [-0.2, -0.15) is 18.4 Å². The Balaban J connectivity index is 2.01. The van der Waals surface area contributed by atoms with Crippen LogP contribution in [0.1, 0.15) is 19.4 Å². The summed E-state index contributed by atoms with van der Waals surface area (Å²) in [5.74, 6) is -0.351. The predicted octanol–water partition coefficient (Wildman–Crippen LogP) is 6.33. The van der Waals surface area contributed by atoms with Gasteiger partial charge in [0.1, 0.15) is 27.4 Å². The Kier molecular flexibility index (Phi) is 5.57. The number of carboxylic acids is 1. The van der Waals surface area contributed by atoms with Gasteiger partial charge in [-0.3, -0.25) is 4.79 Å². The molecule has 0 bridgehead atoms. The molecule has 162 valence electrons. The van der Waals surface area contributed by atoms with Gasteiger partial charge in [-0.15, -0.1) is 0 Å². The quantitative estimate of drug-likeness (QED) is 0.559. The third-order valence-electron chi connectivity index (χ3n) is 6.17. The van der Waals surface area contributed by atoms with E-state index in [1.807, 2.05) is 12.1 Å². The van der Waals surface area contributed by atoms with Crippen LogP contribution in [0.3, 0.4) is 0 Å². The molecule has 2 aromatic carbocycles. The Morgan fingerprint density at radius 2 is 1.77 bits per heavy atom. The van der Waals surface area contributed by atoms with E-state index in [-0.39, 0.29) is 6.42 Å². The molecule has 2 atom stereocenters. The highest BCUT2D eigenvalue weighted by molar-refractivity contribution is 6.30. The zero-order valence-electron chi connectivity index (χ0n) is 16.7. The maximum atomic E-state index is 13.1. The Hall–Kier alpha value is -2.98. The lowest BCUT2D eigenvalue weighted by Gasteiger charge is -2.17. The van der Waals surface area contributed by atoms with E-state index in [0.29, 0.717) is 23.1 Å². The second kappa shape index (κ2) is 7.61. The Morgan fingerprint density at radius 1 is 1.16 bits per heavy atom. The average Bonchev–Trinajstić information content (AvgIpc) is 3.11. The van der Waals surface area contributed by atoms with Crippen molar-refractivity contribution in [3.8, 4) is 17.6 Å². The summed E-state index contributed by atoms with van der Waals surface area (Å²) in [6.45, 7) is 2.93. The van der Waals surface area contributed by atoms with Crippen LogP contribution in [0, 0.1) is 27.6 Å². The molecule has 0 radical (unpaired) electrons. The summed E-state index contributed by atoms with van der Waals surface area (Å²) < 4.78 is 44.9. The second-order valence-corrected chi connectivity index (χ2v) is 8.39. The molecule has 1 aliphatic carbocycles. The first-order chi connectivity index (χ1) is 14.4. The Labute approximate surface area is 182 Å². The first-order valence-electron chi connectivity index (χ1n) is 9.33. The third-order valence-corrected chi connectivity index (χ3v) is 6.49. The summed E-state index contributed by atoms with van der Waals surface area (Å²) in [5, 5.41) is 18.4. The van der Waals surface area contributed by atoms with E-state index in [4.69, 9.17) is 16.3 Å². The van der Waals surface area contributed by atoms with Crippen LogP contribution >= 0.6 is 11.6 Å². The Bertz CT molecular complexity index is 1080. The fraction of sp³-hybridized carbons (Fsp3) is 0.304. The molecule has 0 saturated heterocycles. The number of alkyl halides is 3. The number of carboxylic acid groups (broad SMARTS) is 1. The molecule has 2 aromatic rings. The van der Waals surface area contributed by atoms with Crippen LogP contribution in [0.4, 0.5) is 13.2 Å². The highest BCUT2D eigenvalue weighted by Gasteiger charge is 2.86. The molecule has 0 spiro atoms. The predicted molar refractivity (Wildman–Crippen MR) is 109 cm³/mol. The number of nitriles is 1. The summed E-state index contributed by atoms with van der Waals surface area (Å²) in [4.78, 5) is 12.3. The maximum absolute atomic E-state index is 13.1. The zero-order valence-corrected chi connectivity index (χ0v) is 17.5. The van der Waals surface area contributed by atoms with Crippen LogP contribution in [0.15, 0.2) is 65.7 Å². The van der Waals surface area contributed by atoms with E-state index in [0.717, 1.165) is 0 Å². The van der Waals surface area contributed by atoms with Crippen molar-refractivity contribution < 1.29 is 27.8 Å². The first kappa shape index (κ1) is 22.7. The largest absolute Gasteiger partial charge is 0.481 e. The van der Waals surface area contributed by atoms with Crippen LogP contribution in [0.5, 0.6) is 11.5 Å². The van der Waals surface area contributed by atoms with Gasteiger partial charge in [0.2, 0.25) is 0 Å². The van der Waals surface area contributed by atoms with Crippen molar-refractivity contribution in [3.05, 3.63) is 71.3 Å². The normalized spacial score (nSPS) is 24.9. The molecule has 1 fully saturated rings.